The molecule has 2 unspecified atom stereocenters. The minimum Gasteiger partial charge on any atom is -0.396 e. The van der Waals surface area contributed by atoms with Gasteiger partial charge in [-0.05, 0) is 38.0 Å². The second kappa shape index (κ2) is 5.47. The molecule has 0 amide bonds. The molecule has 2 rings (SSSR count). The zero-order valence-electron chi connectivity index (χ0n) is 11.1. The summed E-state index contributed by atoms with van der Waals surface area (Å²) < 4.78 is 29.4. The van der Waals surface area contributed by atoms with Gasteiger partial charge in [-0.1, -0.05) is 6.92 Å². The third kappa shape index (κ3) is 3.06. The molecule has 0 aromatic heterocycles. The summed E-state index contributed by atoms with van der Waals surface area (Å²) in [6, 6.07) is 0. The molecule has 1 heterocycles. The Kier molecular flexibility index (Phi) is 4.34. The lowest BCUT2D eigenvalue weighted by Gasteiger charge is -2.32. The minimum absolute atomic E-state index is 0.0514. The smallest absolute Gasteiger partial charge is 0.150 e. The van der Waals surface area contributed by atoms with E-state index in [1.165, 1.54) is 0 Å². The molecule has 2 aliphatic rings. The number of rotatable bonds is 7. The molecule has 0 aromatic rings. The van der Waals surface area contributed by atoms with Crippen molar-refractivity contribution in [1.82, 2.24) is 0 Å². The fourth-order valence-corrected chi connectivity index (χ4v) is 4.57. The van der Waals surface area contributed by atoms with Gasteiger partial charge in [-0.15, -0.1) is 0 Å². The second-order valence-electron chi connectivity index (χ2n) is 5.80. The molecule has 2 fully saturated rings. The Labute approximate surface area is 110 Å². The van der Waals surface area contributed by atoms with Crippen molar-refractivity contribution in [2.75, 3.05) is 24.7 Å². The molecule has 1 aliphatic carbocycles. The molecule has 0 aromatic carbocycles. The Bertz CT molecular complexity index is 374. The molecule has 4 nitrogen and oxygen atoms in total. The normalized spacial score (nSPS) is 32.9. The molecular formula is C13H24O4S. The SMILES string of the molecule is CCCS(=O)(=O)CCC1(CO)CCOC1C1CC1. The highest BCUT2D eigenvalue weighted by Gasteiger charge is 2.50. The van der Waals surface area contributed by atoms with Crippen LogP contribution in [-0.4, -0.2) is 44.3 Å². The largest absolute Gasteiger partial charge is 0.396 e. The zero-order chi connectivity index (χ0) is 13.2. The molecule has 0 spiro atoms. The third-order valence-electron chi connectivity index (χ3n) is 4.29. The van der Waals surface area contributed by atoms with Gasteiger partial charge in [-0.3, -0.25) is 0 Å². The van der Waals surface area contributed by atoms with Gasteiger partial charge in [0.15, 0.2) is 0 Å². The van der Waals surface area contributed by atoms with Crippen molar-refractivity contribution in [2.45, 2.75) is 45.1 Å². The first-order chi connectivity index (χ1) is 8.53. The van der Waals surface area contributed by atoms with Crippen LogP contribution in [-0.2, 0) is 14.6 Å². The van der Waals surface area contributed by atoms with E-state index in [0.29, 0.717) is 25.4 Å². The molecule has 1 aliphatic heterocycles. The van der Waals surface area contributed by atoms with Crippen LogP contribution >= 0.6 is 0 Å². The number of sulfone groups is 1. The molecule has 0 radical (unpaired) electrons. The predicted molar refractivity (Wildman–Crippen MR) is 70.2 cm³/mol. The maximum atomic E-state index is 11.8. The van der Waals surface area contributed by atoms with Crippen molar-refractivity contribution < 1.29 is 18.3 Å². The fraction of sp³-hybridized carbons (Fsp3) is 1.00. The average Bonchev–Trinajstić information content (AvgIpc) is 3.08. The monoisotopic (exact) mass is 276 g/mol. The van der Waals surface area contributed by atoms with Gasteiger partial charge in [-0.2, -0.15) is 0 Å². The Morgan fingerprint density at radius 2 is 2.06 bits per heavy atom. The van der Waals surface area contributed by atoms with Gasteiger partial charge in [-0.25, -0.2) is 8.42 Å². The number of hydrogen-bond acceptors (Lipinski definition) is 4. The topological polar surface area (TPSA) is 63.6 Å². The van der Waals surface area contributed by atoms with Crippen LogP contribution in [0.3, 0.4) is 0 Å². The van der Waals surface area contributed by atoms with Crippen LogP contribution in [0.2, 0.25) is 0 Å². The Morgan fingerprint density at radius 1 is 1.33 bits per heavy atom. The van der Waals surface area contributed by atoms with Gasteiger partial charge in [0.05, 0.1) is 18.5 Å². The number of ether oxygens (including phenoxy) is 1. The molecule has 18 heavy (non-hydrogen) atoms. The van der Waals surface area contributed by atoms with Crippen molar-refractivity contribution in [2.24, 2.45) is 11.3 Å². The van der Waals surface area contributed by atoms with E-state index >= 15 is 0 Å². The Balaban J connectivity index is 1.99. The van der Waals surface area contributed by atoms with E-state index < -0.39 is 9.84 Å². The van der Waals surface area contributed by atoms with Gasteiger partial charge in [0.25, 0.3) is 0 Å². The highest BCUT2D eigenvalue weighted by Crippen LogP contribution is 2.49. The average molecular weight is 276 g/mol. The summed E-state index contributed by atoms with van der Waals surface area (Å²) in [5, 5.41) is 9.72. The number of aliphatic hydroxyl groups is 1. The van der Waals surface area contributed by atoms with E-state index in [2.05, 4.69) is 0 Å². The second-order valence-corrected chi connectivity index (χ2v) is 8.10. The molecule has 5 heteroatoms. The minimum atomic E-state index is -2.96. The van der Waals surface area contributed by atoms with Crippen LogP contribution in [0.1, 0.15) is 39.0 Å². The lowest BCUT2D eigenvalue weighted by atomic mass is 9.77. The molecular weight excluding hydrogens is 252 g/mol. The van der Waals surface area contributed by atoms with E-state index in [9.17, 15) is 13.5 Å². The van der Waals surface area contributed by atoms with Gasteiger partial charge in [0.1, 0.15) is 9.84 Å². The standard InChI is InChI=1S/C13H24O4S/c1-2-8-18(15,16)9-6-13(10-14)5-7-17-12(13)11-3-4-11/h11-12,14H,2-10H2,1H3. The maximum absolute atomic E-state index is 11.8. The van der Waals surface area contributed by atoms with Crippen molar-refractivity contribution in [3.05, 3.63) is 0 Å². The summed E-state index contributed by atoms with van der Waals surface area (Å²) in [6.07, 6.45) is 4.41. The first kappa shape index (κ1) is 14.3. The Hall–Kier alpha value is -0.130. The van der Waals surface area contributed by atoms with Crippen LogP contribution in [0.4, 0.5) is 0 Å². The van der Waals surface area contributed by atoms with Gasteiger partial charge < -0.3 is 9.84 Å². The van der Waals surface area contributed by atoms with E-state index in [-0.39, 0.29) is 29.6 Å². The highest BCUT2D eigenvalue weighted by atomic mass is 32.2. The van der Waals surface area contributed by atoms with Crippen molar-refractivity contribution in [1.29, 1.82) is 0 Å². The third-order valence-corrected chi connectivity index (χ3v) is 6.15. The van der Waals surface area contributed by atoms with Crippen molar-refractivity contribution in [3.63, 3.8) is 0 Å². The molecule has 106 valence electrons. The summed E-state index contributed by atoms with van der Waals surface area (Å²) in [4.78, 5) is 0. The quantitative estimate of drug-likeness (QED) is 0.763. The molecule has 1 saturated carbocycles. The molecule has 0 bridgehead atoms. The number of hydrogen-bond donors (Lipinski definition) is 1. The van der Waals surface area contributed by atoms with Crippen molar-refractivity contribution in [3.8, 4) is 0 Å². The van der Waals surface area contributed by atoms with E-state index in [1.54, 1.807) is 0 Å². The van der Waals surface area contributed by atoms with Gasteiger partial charge >= 0.3 is 0 Å². The summed E-state index contributed by atoms with van der Waals surface area (Å²) >= 11 is 0. The van der Waals surface area contributed by atoms with E-state index in [1.807, 2.05) is 6.92 Å². The fourth-order valence-electron chi connectivity index (χ4n) is 3.03. The van der Waals surface area contributed by atoms with Crippen molar-refractivity contribution >= 4 is 9.84 Å². The van der Waals surface area contributed by atoms with E-state index in [4.69, 9.17) is 4.74 Å². The molecule has 1 N–H and O–H groups in total. The number of aliphatic hydroxyl groups excluding tert-OH is 1. The summed E-state index contributed by atoms with van der Waals surface area (Å²) in [5.41, 5.74) is -0.304. The van der Waals surface area contributed by atoms with Crippen LogP contribution in [0, 0.1) is 11.3 Å². The first-order valence-electron chi connectivity index (χ1n) is 6.96. The molecule has 2 atom stereocenters. The highest BCUT2D eigenvalue weighted by molar-refractivity contribution is 7.91. The predicted octanol–water partition coefficient (Wildman–Crippen LogP) is 1.38. The Morgan fingerprint density at radius 3 is 2.61 bits per heavy atom. The lowest BCUT2D eigenvalue weighted by molar-refractivity contribution is -0.00115. The van der Waals surface area contributed by atoms with Gasteiger partial charge in [0.2, 0.25) is 0 Å². The van der Waals surface area contributed by atoms with Crippen LogP contribution < -0.4 is 0 Å². The molecule has 1 saturated heterocycles. The van der Waals surface area contributed by atoms with Gasteiger partial charge in [0, 0.05) is 17.8 Å². The first-order valence-corrected chi connectivity index (χ1v) is 8.78. The van der Waals surface area contributed by atoms with Crippen LogP contribution in [0.5, 0.6) is 0 Å². The van der Waals surface area contributed by atoms with Crippen LogP contribution in [0.25, 0.3) is 0 Å². The summed E-state index contributed by atoms with van der Waals surface area (Å²) in [5.74, 6) is 0.991. The van der Waals surface area contributed by atoms with E-state index in [0.717, 1.165) is 19.3 Å². The maximum Gasteiger partial charge on any atom is 0.150 e. The summed E-state index contributed by atoms with van der Waals surface area (Å²) in [7, 11) is -2.96. The lowest BCUT2D eigenvalue weighted by Crippen LogP contribution is -2.38. The summed E-state index contributed by atoms with van der Waals surface area (Å²) in [6.45, 7) is 2.59. The van der Waals surface area contributed by atoms with Crippen LogP contribution in [0.15, 0.2) is 0 Å². The zero-order valence-corrected chi connectivity index (χ0v) is 11.9.